The van der Waals surface area contributed by atoms with Gasteiger partial charge >= 0.3 is 0 Å². The lowest BCUT2D eigenvalue weighted by Gasteiger charge is -2.04. The summed E-state index contributed by atoms with van der Waals surface area (Å²) in [5.74, 6) is 0. The molecule has 8 heavy (non-hydrogen) atoms. The highest BCUT2D eigenvalue weighted by molar-refractivity contribution is 5.37. The standard InChI is InChI=1S/C6H12O2/c1-3-4-6(2)8-5-7/h5-6H,3-4H2,1-2H3/t6-/m1/s1. The third-order valence-electron chi connectivity index (χ3n) is 0.983. The average molecular weight is 116 g/mol. The van der Waals surface area contributed by atoms with E-state index in [-0.39, 0.29) is 6.10 Å². The molecule has 0 aromatic carbocycles. The molecule has 1 atom stereocenters. The third-order valence-corrected chi connectivity index (χ3v) is 0.983. The van der Waals surface area contributed by atoms with Crippen LogP contribution in [0.3, 0.4) is 0 Å². The maximum atomic E-state index is 9.67. The molecule has 0 unspecified atom stereocenters. The predicted molar refractivity (Wildman–Crippen MR) is 31.5 cm³/mol. The fourth-order valence-electron chi connectivity index (χ4n) is 0.569. The Labute approximate surface area is 49.8 Å². The van der Waals surface area contributed by atoms with E-state index in [1.54, 1.807) is 0 Å². The summed E-state index contributed by atoms with van der Waals surface area (Å²) in [7, 11) is 0. The molecule has 0 saturated heterocycles. The van der Waals surface area contributed by atoms with Gasteiger partial charge in [-0.2, -0.15) is 0 Å². The topological polar surface area (TPSA) is 26.3 Å². The lowest BCUT2D eigenvalue weighted by molar-refractivity contribution is -0.133. The number of ether oxygens (including phenoxy) is 1. The molecule has 0 spiro atoms. The van der Waals surface area contributed by atoms with Gasteiger partial charge in [-0.1, -0.05) is 13.3 Å². The van der Waals surface area contributed by atoms with Gasteiger partial charge in [0.25, 0.3) is 6.47 Å². The second-order valence-corrected chi connectivity index (χ2v) is 1.83. The van der Waals surface area contributed by atoms with Gasteiger partial charge in [0.15, 0.2) is 0 Å². The van der Waals surface area contributed by atoms with Crippen LogP contribution in [0, 0.1) is 0 Å². The monoisotopic (exact) mass is 116 g/mol. The molecule has 0 radical (unpaired) electrons. The first kappa shape index (κ1) is 7.47. The van der Waals surface area contributed by atoms with Crippen molar-refractivity contribution in [1.82, 2.24) is 0 Å². The minimum absolute atomic E-state index is 0.0949. The van der Waals surface area contributed by atoms with Gasteiger partial charge in [-0.05, 0) is 13.3 Å². The minimum Gasteiger partial charge on any atom is -0.465 e. The highest BCUT2D eigenvalue weighted by atomic mass is 16.5. The van der Waals surface area contributed by atoms with Crippen LogP contribution in [-0.4, -0.2) is 12.6 Å². The van der Waals surface area contributed by atoms with Crippen molar-refractivity contribution in [2.24, 2.45) is 0 Å². The van der Waals surface area contributed by atoms with E-state index in [1.807, 2.05) is 6.92 Å². The van der Waals surface area contributed by atoms with E-state index in [4.69, 9.17) is 0 Å². The van der Waals surface area contributed by atoms with Crippen molar-refractivity contribution >= 4 is 6.47 Å². The van der Waals surface area contributed by atoms with Crippen LogP contribution in [0.2, 0.25) is 0 Å². The van der Waals surface area contributed by atoms with E-state index in [9.17, 15) is 4.79 Å². The number of carbonyl (C=O) groups is 1. The molecule has 0 aromatic heterocycles. The van der Waals surface area contributed by atoms with Crippen LogP contribution >= 0.6 is 0 Å². The second-order valence-electron chi connectivity index (χ2n) is 1.83. The summed E-state index contributed by atoms with van der Waals surface area (Å²) in [5, 5.41) is 0. The molecule has 2 heteroatoms. The molecular formula is C6H12O2. The van der Waals surface area contributed by atoms with E-state index in [2.05, 4.69) is 11.7 Å². The Morgan fingerprint density at radius 2 is 2.38 bits per heavy atom. The zero-order valence-electron chi connectivity index (χ0n) is 5.39. The van der Waals surface area contributed by atoms with Crippen LogP contribution in [0.25, 0.3) is 0 Å². The van der Waals surface area contributed by atoms with E-state index >= 15 is 0 Å². The summed E-state index contributed by atoms with van der Waals surface area (Å²) in [6, 6.07) is 0. The zero-order valence-corrected chi connectivity index (χ0v) is 5.39. The quantitative estimate of drug-likeness (QED) is 0.518. The first-order valence-corrected chi connectivity index (χ1v) is 2.90. The lowest BCUT2D eigenvalue weighted by atomic mass is 10.2. The largest absolute Gasteiger partial charge is 0.465 e. The van der Waals surface area contributed by atoms with Crippen molar-refractivity contribution in [2.75, 3.05) is 0 Å². The van der Waals surface area contributed by atoms with Crippen LogP contribution in [0.4, 0.5) is 0 Å². The number of hydrogen-bond acceptors (Lipinski definition) is 2. The molecule has 2 nitrogen and oxygen atoms in total. The molecule has 0 amide bonds. The summed E-state index contributed by atoms with van der Waals surface area (Å²) in [6.07, 6.45) is 2.12. The van der Waals surface area contributed by atoms with Crippen molar-refractivity contribution in [3.63, 3.8) is 0 Å². The Kier molecular flexibility index (Phi) is 4.32. The SMILES string of the molecule is CCC[C@@H](C)OC=O. The summed E-state index contributed by atoms with van der Waals surface area (Å²) in [4.78, 5) is 9.67. The molecule has 0 aliphatic carbocycles. The summed E-state index contributed by atoms with van der Waals surface area (Å²) >= 11 is 0. The van der Waals surface area contributed by atoms with Crippen LogP contribution < -0.4 is 0 Å². The highest BCUT2D eigenvalue weighted by Crippen LogP contribution is 1.97. The first-order valence-electron chi connectivity index (χ1n) is 2.90. The fourth-order valence-corrected chi connectivity index (χ4v) is 0.569. The van der Waals surface area contributed by atoms with Crippen molar-refractivity contribution in [3.05, 3.63) is 0 Å². The molecule has 0 rings (SSSR count). The molecular weight excluding hydrogens is 104 g/mol. The zero-order chi connectivity index (χ0) is 6.41. The Morgan fingerprint density at radius 3 is 2.75 bits per heavy atom. The minimum atomic E-state index is 0.0949. The van der Waals surface area contributed by atoms with Crippen LogP contribution in [0.15, 0.2) is 0 Å². The summed E-state index contributed by atoms with van der Waals surface area (Å²) < 4.78 is 4.60. The van der Waals surface area contributed by atoms with E-state index in [1.165, 1.54) is 0 Å². The Bertz CT molecular complexity index is 61.5. The average Bonchev–Trinajstić information content (AvgIpc) is 1.68. The Morgan fingerprint density at radius 1 is 1.75 bits per heavy atom. The molecule has 0 aliphatic heterocycles. The van der Waals surface area contributed by atoms with Crippen LogP contribution in [-0.2, 0) is 9.53 Å². The number of hydrogen-bond donors (Lipinski definition) is 0. The summed E-state index contributed by atoms with van der Waals surface area (Å²) in [5.41, 5.74) is 0. The molecule has 0 bridgehead atoms. The Balaban J connectivity index is 3.03. The summed E-state index contributed by atoms with van der Waals surface area (Å²) in [6.45, 7) is 4.45. The smallest absolute Gasteiger partial charge is 0.293 e. The Hall–Kier alpha value is -0.530. The number of carbonyl (C=O) groups excluding carboxylic acids is 1. The van der Waals surface area contributed by atoms with Gasteiger partial charge in [-0.15, -0.1) is 0 Å². The van der Waals surface area contributed by atoms with Gasteiger partial charge in [-0.25, -0.2) is 0 Å². The van der Waals surface area contributed by atoms with Crippen LogP contribution in [0.5, 0.6) is 0 Å². The molecule has 48 valence electrons. The van der Waals surface area contributed by atoms with Gasteiger partial charge in [0, 0.05) is 0 Å². The van der Waals surface area contributed by atoms with Gasteiger partial charge < -0.3 is 4.74 Å². The molecule has 0 saturated carbocycles. The maximum Gasteiger partial charge on any atom is 0.293 e. The van der Waals surface area contributed by atoms with Gasteiger partial charge in [0.2, 0.25) is 0 Å². The molecule has 0 aromatic rings. The van der Waals surface area contributed by atoms with Crippen molar-refractivity contribution in [1.29, 1.82) is 0 Å². The van der Waals surface area contributed by atoms with Crippen molar-refractivity contribution in [2.45, 2.75) is 32.8 Å². The maximum absolute atomic E-state index is 9.67. The fraction of sp³-hybridized carbons (Fsp3) is 0.833. The second kappa shape index (κ2) is 4.62. The first-order chi connectivity index (χ1) is 3.81. The molecule has 0 aliphatic rings. The third kappa shape index (κ3) is 3.65. The van der Waals surface area contributed by atoms with Gasteiger partial charge in [0.05, 0.1) is 6.10 Å². The molecule has 0 heterocycles. The predicted octanol–water partition coefficient (Wildman–Crippen LogP) is 1.35. The van der Waals surface area contributed by atoms with E-state index in [0.717, 1.165) is 12.8 Å². The van der Waals surface area contributed by atoms with Gasteiger partial charge in [0.1, 0.15) is 0 Å². The van der Waals surface area contributed by atoms with E-state index in [0.29, 0.717) is 6.47 Å². The van der Waals surface area contributed by atoms with Crippen LogP contribution in [0.1, 0.15) is 26.7 Å². The lowest BCUT2D eigenvalue weighted by Crippen LogP contribution is -2.04. The highest BCUT2D eigenvalue weighted by Gasteiger charge is 1.96. The van der Waals surface area contributed by atoms with Crippen molar-refractivity contribution < 1.29 is 9.53 Å². The van der Waals surface area contributed by atoms with Gasteiger partial charge in [-0.3, -0.25) is 4.79 Å². The van der Waals surface area contributed by atoms with E-state index < -0.39 is 0 Å². The normalized spacial score (nSPS) is 12.8. The number of rotatable bonds is 4. The molecule has 0 fully saturated rings. The molecule has 0 N–H and O–H groups in total. The van der Waals surface area contributed by atoms with Crippen molar-refractivity contribution in [3.8, 4) is 0 Å².